The van der Waals surface area contributed by atoms with Crippen molar-refractivity contribution in [1.29, 1.82) is 0 Å². The second-order valence-corrected chi connectivity index (χ2v) is 5.43. The summed E-state index contributed by atoms with van der Waals surface area (Å²) in [4.78, 5) is 17.6. The van der Waals surface area contributed by atoms with Crippen LogP contribution < -0.4 is 5.32 Å². The number of carbonyl (C=O) groups excluding carboxylic acids is 1. The smallest absolute Gasteiger partial charge is 0.265 e. The van der Waals surface area contributed by atoms with Gasteiger partial charge < -0.3 is 10.2 Å². The van der Waals surface area contributed by atoms with Crippen molar-refractivity contribution in [1.82, 2.24) is 0 Å². The minimum atomic E-state index is -0.224. The molecule has 0 fully saturated rings. The van der Waals surface area contributed by atoms with Gasteiger partial charge in [-0.05, 0) is 48.6 Å². The van der Waals surface area contributed by atoms with Crippen LogP contribution >= 0.6 is 11.3 Å². The lowest BCUT2D eigenvalue weighted by Crippen LogP contribution is -2.17. The molecule has 1 aromatic heterocycles. The Kier molecular flexibility index (Phi) is 4.90. The predicted molar refractivity (Wildman–Crippen MR) is 82.4 cm³/mol. The van der Waals surface area contributed by atoms with Crippen LogP contribution in [0.3, 0.4) is 0 Å². The highest BCUT2D eigenvalue weighted by atomic mass is 32.1. The lowest BCUT2D eigenvalue weighted by Gasteiger charge is -2.06. The van der Waals surface area contributed by atoms with Crippen LogP contribution in [0.25, 0.3) is 0 Å². The lowest BCUT2D eigenvalue weighted by molar-refractivity contribution is -0.120. The summed E-state index contributed by atoms with van der Waals surface area (Å²) in [6, 6.07) is 9.74. The number of benzene rings is 1. The molecule has 104 valence electrons. The largest absolute Gasteiger partial charge is 0.386 e. The molecule has 0 radical (unpaired) electrons. The van der Waals surface area contributed by atoms with Crippen molar-refractivity contribution in [3.05, 3.63) is 51.7 Å². The Morgan fingerprint density at radius 3 is 2.75 bits per heavy atom. The molecule has 20 heavy (non-hydrogen) atoms. The third kappa shape index (κ3) is 4.51. The Morgan fingerprint density at radius 2 is 2.10 bits per heavy atom. The Morgan fingerprint density at radius 1 is 1.35 bits per heavy atom. The van der Waals surface area contributed by atoms with E-state index in [1.165, 1.54) is 0 Å². The van der Waals surface area contributed by atoms with Crippen LogP contribution in [-0.4, -0.2) is 18.7 Å². The average molecular weight is 288 g/mol. The molecule has 0 bridgehead atoms. The Bertz CT molecular complexity index is 586. The van der Waals surface area contributed by atoms with E-state index in [2.05, 4.69) is 16.5 Å². The van der Waals surface area contributed by atoms with Crippen LogP contribution in [0.2, 0.25) is 0 Å². The first-order valence-electron chi connectivity index (χ1n) is 6.20. The summed E-state index contributed by atoms with van der Waals surface area (Å²) in [5.74, 6) is -0.224. The molecule has 0 saturated carbocycles. The van der Waals surface area contributed by atoms with Gasteiger partial charge in [0.15, 0.2) is 6.61 Å². The zero-order chi connectivity index (χ0) is 14.4. The van der Waals surface area contributed by atoms with Gasteiger partial charge in [0.25, 0.3) is 5.91 Å². The number of thiophene rings is 1. The number of anilines is 1. The fourth-order valence-electron chi connectivity index (χ4n) is 1.79. The van der Waals surface area contributed by atoms with E-state index in [1.54, 1.807) is 17.6 Å². The second-order valence-electron chi connectivity index (χ2n) is 4.45. The summed E-state index contributed by atoms with van der Waals surface area (Å²) < 4.78 is 0. The number of carbonyl (C=O) groups is 1. The van der Waals surface area contributed by atoms with Crippen molar-refractivity contribution in [2.24, 2.45) is 5.16 Å². The quantitative estimate of drug-likeness (QED) is 0.677. The van der Waals surface area contributed by atoms with Crippen LogP contribution in [0.4, 0.5) is 5.69 Å². The predicted octanol–water partition coefficient (Wildman–Crippen LogP) is 3.35. The Balaban J connectivity index is 1.80. The maximum Gasteiger partial charge on any atom is 0.265 e. The molecule has 4 nitrogen and oxygen atoms in total. The summed E-state index contributed by atoms with van der Waals surface area (Å²) in [6.45, 7) is 3.88. The molecule has 5 heteroatoms. The molecular formula is C15H16N2O2S. The number of amides is 1. The maximum absolute atomic E-state index is 11.7. The number of oxime groups is 1. The summed E-state index contributed by atoms with van der Waals surface area (Å²) in [7, 11) is 0. The maximum atomic E-state index is 11.7. The third-order valence-corrected chi connectivity index (χ3v) is 3.31. The van der Waals surface area contributed by atoms with E-state index in [4.69, 9.17) is 4.84 Å². The monoisotopic (exact) mass is 288 g/mol. The summed E-state index contributed by atoms with van der Waals surface area (Å²) in [5.41, 5.74) is 2.99. The zero-order valence-electron chi connectivity index (χ0n) is 11.4. The fourth-order valence-corrected chi connectivity index (χ4v) is 2.37. The van der Waals surface area contributed by atoms with Crippen LogP contribution in [0.5, 0.6) is 0 Å². The van der Waals surface area contributed by atoms with Gasteiger partial charge in [-0.3, -0.25) is 4.79 Å². The number of hydrogen-bond donors (Lipinski definition) is 1. The van der Waals surface area contributed by atoms with Gasteiger partial charge in [-0.1, -0.05) is 17.3 Å². The third-order valence-electron chi connectivity index (χ3n) is 2.50. The molecule has 1 aromatic carbocycles. The van der Waals surface area contributed by atoms with Gasteiger partial charge in [0.05, 0.1) is 6.21 Å². The number of hydrogen-bond acceptors (Lipinski definition) is 4. The van der Waals surface area contributed by atoms with E-state index in [-0.39, 0.29) is 12.5 Å². The van der Waals surface area contributed by atoms with E-state index in [0.717, 1.165) is 21.7 Å². The summed E-state index contributed by atoms with van der Waals surface area (Å²) >= 11 is 1.56. The molecule has 1 heterocycles. The Hall–Kier alpha value is -2.14. The number of aryl methyl sites for hydroxylation is 2. The zero-order valence-corrected chi connectivity index (χ0v) is 12.2. The molecule has 0 aliphatic heterocycles. The van der Waals surface area contributed by atoms with Gasteiger partial charge in [-0.15, -0.1) is 11.3 Å². The molecule has 0 aliphatic carbocycles. The van der Waals surface area contributed by atoms with Crippen molar-refractivity contribution in [2.45, 2.75) is 13.8 Å². The van der Waals surface area contributed by atoms with E-state index < -0.39 is 0 Å². The summed E-state index contributed by atoms with van der Waals surface area (Å²) in [6.07, 6.45) is 1.59. The number of nitrogens with zero attached hydrogens (tertiary/aromatic N) is 1. The fraction of sp³-hybridized carbons (Fsp3) is 0.200. The minimum Gasteiger partial charge on any atom is -0.386 e. The van der Waals surface area contributed by atoms with Gasteiger partial charge in [0, 0.05) is 10.6 Å². The normalized spacial score (nSPS) is 10.7. The van der Waals surface area contributed by atoms with Gasteiger partial charge in [0.2, 0.25) is 0 Å². The average Bonchev–Trinajstić information content (AvgIpc) is 2.86. The standard InChI is InChI=1S/C15H16N2O2S/c1-11-6-12(2)8-13(7-11)17-15(18)10-19-16-9-14-4-3-5-20-14/h3-9H,10H2,1-2H3,(H,17,18)/b16-9+. The number of rotatable bonds is 5. The summed E-state index contributed by atoms with van der Waals surface area (Å²) in [5, 5.41) is 8.49. The topological polar surface area (TPSA) is 50.7 Å². The van der Waals surface area contributed by atoms with E-state index in [0.29, 0.717) is 0 Å². The molecule has 0 aliphatic rings. The minimum absolute atomic E-state index is 0.102. The molecular weight excluding hydrogens is 272 g/mol. The van der Waals surface area contributed by atoms with Gasteiger partial charge in [0.1, 0.15) is 0 Å². The first kappa shape index (κ1) is 14.3. The van der Waals surface area contributed by atoms with Crippen molar-refractivity contribution < 1.29 is 9.63 Å². The van der Waals surface area contributed by atoms with E-state index >= 15 is 0 Å². The molecule has 0 saturated heterocycles. The molecule has 1 N–H and O–H groups in total. The lowest BCUT2D eigenvalue weighted by atomic mass is 10.1. The van der Waals surface area contributed by atoms with Crippen LogP contribution in [0, 0.1) is 13.8 Å². The number of nitrogens with one attached hydrogen (secondary N) is 1. The molecule has 2 aromatic rings. The second kappa shape index (κ2) is 6.86. The highest BCUT2D eigenvalue weighted by Gasteiger charge is 2.03. The SMILES string of the molecule is Cc1cc(C)cc(NC(=O)CO/N=C/c2cccs2)c1. The molecule has 2 rings (SSSR count). The van der Waals surface area contributed by atoms with E-state index in [1.807, 2.05) is 43.5 Å². The Labute approximate surface area is 122 Å². The van der Waals surface area contributed by atoms with Crippen molar-refractivity contribution in [3.63, 3.8) is 0 Å². The van der Waals surface area contributed by atoms with Crippen molar-refractivity contribution in [2.75, 3.05) is 11.9 Å². The van der Waals surface area contributed by atoms with E-state index in [9.17, 15) is 4.79 Å². The van der Waals surface area contributed by atoms with Gasteiger partial charge >= 0.3 is 0 Å². The molecule has 0 atom stereocenters. The highest BCUT2D eigenvalue weighted by molar-refractivity contribution is 7.11. The molecule has 0 spiro atoms. The van der Waals surface area contributed by atoms with Gasteiger partial charge in [-0.25, -0.2) is 0 Å². The first-order valence-corrected chi connectivity index (χ1v) is 7.08. The first-order chi connectivity index (χ1) is 9.63. The molecule has 0 unspecified atom stereocenters. The highest BCUT2D eigenvalue weighted by Crippen LogP contribution is 2.13. The van der Waals surface area contributed by atoms with Crippen molar-refractivity contribution in [3.8, 4) is 0 Å². The van der Waals surface area contributed by atoms with Crippen LogP contribution in [-0.2, 0) is 9.63 Å². The van der Waals surface area contributed by atoms with Gasteiger partial charge in [-0.2, -0.15) is 0 Å². The van der Waals surface area contributed by atoms with Crippen molar-refractivity contribution >= 4 is 29.1 Å². The van der Waals surface area contributed by atoms with Crippen LogP contribution in [0.15, 0.2) is 40.9 Å². The van der Waals surface area contributed by atoms with Crippen LogP contribution in [0.1, 0.15) is 16.0 Å². The molecule has 1 amide bonds.